The van der Waals surface area contributed by atoms with Gasteiger partial charge in [-0.3, -0.25) is 4.79 Å². The predicted octanol–water partition coefficient (Wildman–Crippen LogP) is 2.15. The second kappa shape index (κ2) is 5.01. The molecule has 0 saturated heterocycles. The van der Waals surface area contributed by atoms with Crippen molar-refractivity contribution in [1.82, 2.24) is 15.4 Å². The highest BCUT2D eigenvalue weighted by Gasteiger charge is 2.21. The first-order valence-corrected chi connectivity index (χ1v) is 5.96. The Bertz CT molecular complexity index is 662. The van der Waals surface area contributed by atoms with E-state index in [2.05, 4.69) is 20.5 Å². The van der Waals surface area contributed by atoms with Crippen molar-refractivity contribution in [3.63, 3.8) is 0 Å². The number of nitrogens with zero attached hydrogens (tertiary/aromatic N) is 2. The number of aromatic amines is 1. The van der Waals surface area contributed by atoms with Gasteiger partial charge in [0.2, 0.25) is 5.91 Å². The fraction of sp³-hybridized carbons (Fsp3) is 0.308. The van der Waals surface area contributed by atoms with E-state index >= 15 is 0 Å². The van der Waals surface area contributed by atoms with Crippen molar-refractivity contribution in [2.75, 3.05) is 0 Å². The Labute approximate surface area is 116 Å². The van der Waals surface area contributed by atoms with Crippen molar-refractivity contribution in [2.24, 2.45) is 11.0 Å². The van der Waals surface area contributed by atoms with Crippen LogP contribution in [-0.4, -0.2) is 21.6 Å². The summed E-state index contributed by atoms with van der Waals surface area (Å²) in [4.78, 5) is 18.8. The van der Waals surface area contributed by atoms with Crippen LogP contribution in [-0.2, 0) is 4.79 Å². The molecule has 0 aliphatic carbocycles. The summed E-state index contributed by atoms with van der Waals surface area (Å²) in [5.41, 5.74) is 6.43. The number of hydrogen-bond acceptors (Lipinski definition) is 3. The van der Waals surface area contributed by atoms with Crippen molar-refractivity contribution < 1.29 is 4.79 Å². The number of H-pyrrole nitrogens is 1. The first-order valence-electron chi connectivity index (χ1n) is 5.96. The van der Waals surface area contributed by atoms with Crippen LogP contribution in [0.2, 0.25) is 0 Å². The summed E-state index contributed by atoms with van der Waals surface area (Å²) in [6, 6.07) is 6.00. The van der Waals surface area contributed by atoms with Crippen LogP contribution in [0.5, 0.6) is 0 Å². The number of nitrogens with one attached hydrogen (secondary N) is 2. The maximum absolute atomic E-state index is 11.2. The summed E-state index contributed by atoms with van der Waals surface area (Å²) < 4.78 is 0. The van der Waals surface area contributed by atoms with E-state index in [-0.39, 0.29) is 24.2 Å². The van der Waals surface area contributed by atoms with Crippen molar-refractivity contribution in [1.29, 1.82) is 0 Å². The van der Waals surface area contributed by atoms with Gasteiger partial charge in [0, 0.05) is 17.9 Å². The summed E-state index contributed by atoms with van der Waals surface area (Å²) in [6.45, 7) is 3.95. The predicted molar refractivity (Wildman–Crippen MR) is 76.5 cm³/mol. The van der Waals surface area contributed by atoms with E-state index in [0.717, 1.165) is 28.1 Å². The number of aromatic nitrogens is 2. The zero-order valence-electron chi connectivity index (χ0n) is 10.7. The quantitative estimate of drug-likeness (QED) is 0.839. The van der Waals surface area contributed by atoms with Crippen molar-refractivity contribution in [3.05, 3.63) is 29.6 Å². The summed E-state index contributed by atoms with van der Waals surface area (Å²) in [6.07, 6.45) is 0.485. The minimum atomic E-state index is -0.0234. The molecule has 100 valence electrons. The molecule has 2 aromatic rings. The molecule has 19 heavy (non-hydrogen) atoms. The smallest absolute Gasteiger partial charge is 0.240 e. The zero-order valence-corrected chi connectivity index (χ0v) is 11.5. The molecule has 1 aromatic heterocycles. The number of hydrazone groups is 1. The molecule has 2 N–H and O–H groups in total. The second-order valence-electron chi connectivity index (χ2n) is 4.69. The molecule has 0 fully saturated rings. The van der Waals surface area contributed by atoms with Crippen LogP contribution >= 0.6 is 12.4 Å². The van der Waals surface area contributed by atoms with Crippen LogP contribution in [0.1, 0.15) is 24.7 Å². The molecular weight excluding hydrogens is 264 g/mol. The van der Waals surface area contributed by atoms with Gasteiger partial charge in [0.25, 0.3) is 0 Å². The lowest BCUT2D eigenvalue weighted by atomic mass is 9.94. The molecule has 6 heteroatoms. The van der Waals surface area contributed by atoms with Crippen LogP contribution < -0.4 is 5.43 Å². The highest BCUT2D eigenvalue weighted by atomic mass is 35.5. The maximum Gasteiger partial charge on any atom is 0.240 e. The number of hydrogen-bond donors (Lipinski definition) is 2. The fourth-order valence-electron chi connectivity index (χ4n) is 2.30. The monoisotopic (exact) mass is 278 g/mol. The van der Waals surface area contributed by atoms with Gasteiger partial charge in [-0.25, -0.2) is 10.4 Å². The lowest BCUT2D eigenvalue weighted by molar-refractivity contribution is -0.121. The van der Waals surface area contributed by atoms with Crippen molar-refractivity contribution >= 4 is 35.1 Å². The molecule has 0 radical (unpaired) electrons. The number of benzene rings is 1. The number of carbonyl (C=O) groups is 1. The summed E-state index contributed by atoms with van der Waals surface area (Å²) >= 11 is 0. The van der Waals surface area contributed by atoms with Gasteiger partial charge in [0.05, 0.1) is 16.7 Å². The molecule has 0 bridgehead atoms. The number of carbonyl (C=O) groups excluding carboxylic acids is 1. The summed E-state index contributed by atoms with van der Waals surface area (Å²) in [5.74, 6) is 1.01. The topological polar surface area (TPSA) is 70.1 Å². The van der Waals surface area contributed by atoms with Gasteiger partial charge in [-0.05, 0) is 19.1 Å². The van der Waals surface area contributed by atoms with Gasteiger partial charge >= 0.3 is 0 Å². The van der Waals surface area contributed by atoms with Crippen LogP contribution in [0, 0.1) is 12.8 Å². The normalized spacial score (nSPS) is 18.7. The molecule has 2 heterocycles. The van der Waals surface area contributed by atoms with Gasteiger partial charge in [-0.15, -0.1) is 12.4 Å². The van der Waals surface area contributed by atoms with Gasteiger partial charge < -0.3 is 4.98 Å². The molecular formula is C13H15ClN4O. The number of fused-ring (bicyclic) bond motifs is 1. The average molecular weight is 279 g/mol. The minimum absolute atomic E-state index is 0. The Hall–Kier alpha value is -1.88. The van der Waals surface area contributed by atoms with Gasteiger partial charge in [0.15, 0.2) is 0 Å². The highest BCUT2D eigenvalue weighted by Crippen LogP contribution is 2.20. The van der Waals surface area contributed by atoms with Crippen LogP contribution in [0.4, 0.5) is 0 Å². The van der Waals surface area contributed by atoms with Gasteiger partial charge in [-0.1, -0.05) is 13.0 Å². The van der Waals surface area contributed by atoms with Crippen LogP contribution in [0.3, 0.4) is 0 Å². The molecule has 1 aromatic carbocycles. The van der Waals surface area contributed by atoms with E-state index in [1.807, 2.05) is 32.0 Å². The van der Waals surface area contributed by atoms with E-state index in [1.54, 1.807) is 0 Å². The molecule has 1 aliphatic heterocycles. The fourth-order valence-corrected chi connectivity index (χ4v) is 2.30. The van der Waals surface area contributed by atoms with Crippen LogP contribution in [0.15, 0.2) is 23.3 Å². The highest BCUT2D eigenvalue weighted by molar-refractivity contribution is 6.07. The van der Waals surface area contributed by atoms with Crippen LogP contribution in [0.25, 0.3) is 11.0 Å². The van der Waals surface area contributed by atoms with E-state index < -0.39 is 0 Å². The minimum Gasteiger partial charge on any atom is -0.342 e. The summed E-state index contributed by atoms with van der Waals surface area (Å²) in [7, 11) is 0. The molecule has 0 saturated carbocycles. The van der Waals surface area contributed by atoms with E-state index in [4.69, 9.17) is 0 Å². The Balaban J connectivity index is 0.00000133. The molecule has 1 unspecified atom stereocenters. The van der Waals surface area contributed by atoms with Gasteiger partial charge in [0.1, 0.15) is 5.82 Å². The second-order valence-corrected chi connectivity index (χ2v) is 4.69. The molecule has 5 nitrogen and oxygen atoms in total. The third-order valence-electron chi connectivity index (χ3n) is 3.16. The Morgan fingerprint density at radius 3 is 2.89 bits per heavy atom. The number of imidazole rings is 1. The third-order valence-corrected chi connectivity index (χ3v) is 3.16. The van der Waals surface area contributed by atoms with E-state index in [1.165, 1.54) is 0 Å². The van der Waals surface area contributed by atoms with Crippen molar-refractivity contribution in [3.8, 4) is 0 Å². The molecule has 3 rings (SSSR count). The Morgan fingerprint density at radius 1 is 1.37 bits per heavy atom. The SMILES string of the molecule is Cc1nc2ccc(C3=NNC(=O)CC3C)cc2[nH]1.Cl. The lowest BCUT2D eigenvalue weighted by Gasteiger charge is -2.18. The Kier molecular flexibility index (Phi) is 3.57. The first-order chi connectivity index (χ1) is 8.63. The number of aryl methyl sites for hydroxylation is 1. The molecule has 1 aliphatic rings. The average Bonchev–Trinajstić information content (AvgIpc) is 2.68. The van der Waals surface area contributed by atoms with E-state index in [0.29, 0.717) is 6.42 Å². The molecule has 1 atom stereocenters. The van der Waals surface area contributed by atoms with Crippen molar-refractivity contribution in [2.45, 2.75) is 20.3 Å². The van der Waals surface area contributed by atoms with Gasteiger partial charge in [-0.2, -0.15) is 5.10 Å². The number of rotatable bonds is 1. The summed E-state index contributed by atoms with van der Waals surface area (Å²) in [5, 5.41) is 4.16. The third kappa shape index (κ3) is 2.46. The van der Waals surface area contributed by atoms with E-state index in [9.17, 15) is 4.79 Å². The molecule has 1 amide bonds. The standard InChI is InChI=1S/C13H14N4O.ClH/c1-7-5-12(18)16-17-13(7)9-3-4-10-11(6-9)15-8(2)14-10;/h3-4,6-7H,5H2,1-2H3,(H,14,15)(H,16,18);1H. The maximum atomic E-state index is 11.2. The molecule has 0 spiro atoms. The number of halogens is 1. The number of amides is 1. The largest absolute Gasteiger partial charge is 0.342 e. The Morgan fingerprint density at radius 2 is 2.16 bits per heavy atom. The zero-order chi connectivity index (χ0) is 12.7. The lowest BCUT2D eigenvalue weighted by Crippen LogP contribution is -2.31. The first kappa shape index (κ1) is 13.5.